The van der Waals surface area contributed by atoms with Gasteiger partial charge in [-0.3, -0.25) is 4.90 Å². The van der Waals surface area contributed by atoms with Crippen molar-refractivity contribution in [2.24, 2.45) is 5.92 Å². The molecule has 5 heteroatoms. The number of phenols is 1. The second kappa shape index (κ2) is 7.29. The molecule has 1 saturated carbocycles. The van der Waals surface area contributed by atoms with Crippen LogP contribution >= 0.6 is 0 Å². The summed E-state index contributed by atoms with van der Waals surface area (Å²) in [6, 6.07) is 4.81. The maximum atomic E-state index is 14.1. The van der Waals surface area contributed by atoms with Gasteiger partial charge in [-0.1, -0.05) is 19.3 Å². The third-order valence-electron chi connectivity index (χ3n) is 5.18. The summed E-state index contributed by atoms with van der Waals surface area (Å²) in [5.41, 5.74) is 0.876. The van der Waals surface area contributed by atoms with Gasteiger partial charge in [-0.15, -0.1) is 0 Å². The molecule has 1 aliphatic carbocycles. The molecular formula is C18H24FN3O. The highest BCUT2D eigenvalue weighted by molar-refractivity contribution is 5.44. The van der Waals surface area contributed by atoms with Crippen LogP contribution < -0.4 is 5.32 Å². The van der Waals surface area contributed by atoms with E-state index in [9.17, 15) is 9.50 Å². The number of nitrogens with one attached hydrogen (secondary N) is 1. The SMILES string of the molecule is N#Cc1cc(F)c(O)c([C@H](C2CCCCC2)N2CCNCC2)c1. The lowest BCUT2D eigenvalue weighted by Gasteiger charge is -2.41. The number of halogens is 1. The monoisotopic (exact) mass is 317 g/mol. The predicted octanol–water partition coefficient (Wildman–Crippen LogP) is 2.93. The Hall–Kier alpha value is -1.64. The van der Waals surface area contributed by atoms with E-state index in [2.05, 4.69) is 10.2 Å². The van der Waals surface area contributed by atoms with Crippen LogP contribution in [-0.2, 0) is 0 Å². The van der Waals surface area contributed by atoms with Crippen molar-refractivity contribution in [3.05, 3.63) is 29.1 Å². The van der Waals surface area contributed by atoms with Gasteiger partial charge in [0.05, 0.1) is 11.6 Å². The molecule has 0 amide bonds. The van der Waals surface area contributed by atoms with Crippen LogP contribution in [0.3, 0.4) is 0 Å². The molecule has 2 aliphatic rings. The normalized spacial score (nSPS) is 21.7. The summed E-state index contributed by atoms with van der Waals surface area (Å²) in [6.07, 6.45) is 5.84. The van der Waals surface area contributed by atoms with E-state index in [0.717, 1.165) is 45.1 Å². The summed E-state index contributed by atoms with van der Waals surface area (Å²) in [4.78, 5) is 2.35. The number of hydrogen-bond donors (Lipinski definition) is 2. The van der Waals surface area contributed by atoms with Crippen molar-refractivity contribution in [2.45, 2.75) is 38.1 Å². The highest BCUT2D eigenvalue weighted by Gasteiger charge is 2.33. The predicted molar refractivity (Wildman–Crippen MR) is 86.5 cm³/mol. The number of nitrogens with zero attached hydrogens (tertiary/aromatic N) is 2. The van der Waals surface area contributed by atoms with E-state index in [1.165, 1.54) is 19.3 Å². The van der Waals surface area contributed by atoms with Gasteiger partial charge in [0.25, 0.3) is 0 Å². The van der Waals surface area contributed by atoms with Crippen molar-refractivity contribution in [1.82, 2.24) is 10.2 Å². The molecule has 0 aromatic heterocycles. The van der Waals surface area contributed by atoms with Gasteiger partial charge in [0, 0.05) is 37.8 Å². The number of hydrogen-bond acceptors (Lipinski definition) is 4. The molecule has 0 radical (unpaired) electrons. The number of phenolic OH excluding ortho intramolecular Hbond substituents is 1. The second-order valence-corrected chi connectivity index (χ2v) is 6.64. The van der Waals surface area contributed by atoms with Gasteiger partial charge in [-0.2, -0.15) is 5.26 Å². The van der Waals surface area contributed by atoms with E-state index >= 15 is 0 Å². The quantitative estimate of drug-likeness (QED) is 0.900. The lowest BCUT2D eigenvalue weighted by Crippen LogP contribution is -2.47. The number of nitriles is 1. The Kier molecular flexibility index (Phi) is 5.14. The summed E-state index contributed by atoms with van der Waals surface area (Å²) in [7, 11) is 0. The first-order chi connectivity index (χ1) is 11.2. The third kappa shape index (κ3) is 3.49. The Morgan fingerprint density at radius 3 is 2.57 bits per heavy atom. The molecule has 1 heterocycles. The first kappa shape index (κ1) is 16.2. The summed E-state index contributed by atoms with van der Waals surface area (Å²) < 4.78 is 14.1. The number of aromatic hydroxyl groups is 1. The van der Waals surface area contributed by atoms with Gasteiger partial charge in [0.15, 0.2) is 11.6 Å². The summed E-state index contributed by atoms with van der Waals surface area (Å²) in [5, 5.41) is 22.8. The van der Waals surface area contributed by atoms with Gasteiger partial charge in [-0.05, 0) is 30.9 Å². The van der Waals surface area contributed by atoms with E-state index in [4.69, 9.17) is 5.26 Å². The zero-order valence-electron chi connectivity index (χ0n) is 13.4. The van der Waals surface area contributed by atoms with Crippen molar-refractivity contribution >= 4 is 0 Å². The molecule has 2 N–H and O–H groups in total. The molecule has 23 heavy (non-hydrogen) atoms. The van der Waals surface area contributed by atoms with Crippen molar-refractivity contribution < 1.29 is 9.50 Å². The van der Waals surface area contributed by atoms with Crippen LogP contribution in [0.25, 0.3) is 0 Å². The van der Waals surface area contributed by atoms with Crippen molar-refractivity contribution in [3.8, 4) is 11.8 Å². The minimum Gasteiger partial charge on any atom is -0.505 e. The van der Waals surface area contributed by atoms with Gasteiger partial charge < -0.3 is 10.4 Å². The van der Waals surface area contributed by atoms with Crippen LogP contribution in [0.5, 0.6) is 5.75 Å². The molecule has 3 rings (SSSR count). The Balaban J connectivity index is 2.00. The number of benzene rings is 1. The van der Waals surface area contributed by atoms with Gasteiger partial charge >= 0.3 is 0 Å². The van der Waals surface area contributed by atoms with Crippen LogP contribution in [0.4, 0.5) is 4.39 Å². The Bertz CT molecular complexity index is 569. The molecule has 1 aromatic rings. The molecule has 1 atom stereocenters. The lowest BCUT2D eigenvalue weighted by atomic mass is 9.79. The first-order valence-corrected chi connectivity index (χ1v) is 8.58. The minimum absolute atomic E-state index is 0.000185. The molecule has 0 unspecified atom stereocenters. The maximum absolute atomic E-state index is 14.1. The van der Waals surface area contributed by atoms with E-state index in [-0.39, 0.29) is 17.4 Å². The van der Waals surface area contributed by atoms with Crippen molar-refractivity contribution in [3.63, 3.8) is 0 Å². The molecule has 2 fully saturated rings. The van der Waals surface area contributed by atoms with E-state index in [0.29, 0.717) is 11.5 Å². The van der Waals surface area contributed by atoms with E-state index in [1.807, 2.05) is 6.07 Å². The van der Waals surface area contributed by atoms with Crippen LogP contribution in [0.15, 0.2) is 12.1 Å². The fourth-order valence-corrected chi connectivity index (χ4v) is 4.07. The summed E-state index contributed by atoms with van der Waals surface area (Å²) in [5.74, 6) is -0.547. The number of piperazine rings is 1. The Morgan fingerprint density at radius 2 is 1.91 bits per heavy atom. The highest BCUT2D eigenvalue weighted by atomic mass is 19.1. The zero-order chi connectivity index (χ0) is 16.2. The van der Waals surface area contributed by atoms with Crippen LogP contribution in [-0.4, -0.2) is 36.2 Å². The highest BCUT2D eigenvalue weighted by Crippen LogP contribution is 2.42. The van der Waals surface area contributed by atoms with E-state index in [1.54, 1.807) is 6.07 Å². The Labute approximate surface area is 136 Å². The molecule has 1 saturated heterocycles. The third-order valence-corrected chi connectivity index (χ3v) is 5.18. The van der Waals surface area contributed by atoms with Crippen LogP contribution in [0.2, 0.25) is 0 Å². The minimum atomic E-state index is -0.685. The Morgan fingerprint density at radius 1 is 1.22 bits per heavy atom. The average Bonchev–Trinajstić information content (AvgIpc) is 2.60. The van der Waals surface area contributed by atoms with Gasteiger partial charge in [0.1, 0.15) is 0 Å². The smallest absolute Gasteiger partial charge is 0.166 e. The molecule has 1 aliphatic heterocycles. The molecule has 4 nitrogen and oxygen atoms in total. The van der Waals surface area contributed by atoms with Gasteiger partial charge in [-0.25, -0.2) is 4.39 Å². The maximum Gasteiger partial charge on any atom is 0.166 e. The summed E-state index contributed by atoms with van der Waals surface area (Å²) in [6.45, 7) is 3.59. The first-order valence-electron chi connectivity index (χ1n) is 8.58. The van der Waals surface area contributed by atoms with E-state index < -0.39 is 5.82 Å². The van der Waals surface area contributed by atoms with Crippen LogP contribution in [0.1, 0.15) is 49.3 Å². The van der Waals surface area contributed by atoms with Crippen molar-refractivity contribution in [1.29, 1.82) is 5.26 Å². The second-order valence-electron chi connectivity index (χ2n) is 6.64. The average molecular weight is 317 g/mol. The fraction of sp³-hybridized carbons (Fsp3) is 0.611. The zero-order valence-corrected chi connectivity index (χ0v) is 13.4. The molecule has 0 spiro atoms. The molecular weight excluding hydrogens is 293 g/mol. The number of rotatable bonds is 3. The summed E-state index contributed by atoms with van der Waals surface area (Å²) >= 11 is 0. The fourth-order valence-electron chi connectivity index (χ4n) is 4.07. The van der Waals surface area contributed by atoms with Crippen LogP contribution in [0, 0.1) is 23.1 Å². The topological polar surface area (TPSA) is 59.3 Å². The standard InChI is InChI=1S/C18H24FN3O/c19-16-11-13(12-20)10-15(18(16)23)17(14-4-2-1-3-5-14)22-8-6-21-7-9-22/h10-11,14,17,21,23H,1-9H2/t17-/m0/s1. The lowest BCUT2D eigenvalue weighted by molar-refractivity contribution is 0.101. The largest absolute Gasteiger partial charge is 0.505 e. The molecule has 1 aromatic carbocycles. The molecule has 0 bridgehead atoms. The van der Waals surface area contributed by atoms with Gasteiger partial charge in [0.2, 0.25) is 0 Å². The van der Waals surface area contributed by atoms with Crippen molar-refractivity contribution in [2.75, 3.05) is 26.2 Å². The molecule has 124 valence electrons.